The first-order chi connectivity index (χ1) is 10.8. The van der Waals surface area contributed by atoms with Crippen LogP contribution in [-0.2, 0) is 0 Å². The summed E-state index contributed by atoms with van der Waals surface area (Å²) < 4.78 is 0. The second-order valence-corrected chi connectivity index (χ2v) is 5.33. The number of nitrogens with zero attached hydrogens (tertiary/aromatic N) is 4. The van der Waals surface area contributed by atoms with Crippen LogP contribution in [0, 0.1) is 17.2 Å². The van der Waals surface area contributed by atoms with Crippen LogP contribution >= 0.6 is 0 Å². The number of pyridine rings is 2. The molecule has 2 aromatic rings. The van der Waals surface area contributed by atoms with Gasteiger partial charge in [0.05, 0.1) is 17.3 Å². The molecule has 5 nitrogen and oxygen atoms in total. The minimum atomic E-state index is -0.0173. The lowest BCUT2D eigenvalue weighted by molar-refractivity contribution is 0.0707. The van der Waals surface area contributed by atoms with E-state index >= 15 is 0 Å². The Balaban J connectivity index is 1.87. The Hall–Kier alpha value is -2.74. The number of hydrogen-bond donors (Lipinski definition) is 0. The van der Waals surface area contributed by atoms with Gasteiger partial charge in [-0.15, -0.1) is 0 Å². The van der Waals surface area contributed by atoms with E-state index < -0.39 is 0 Å². The van der Waals surface area contributed by atoms with Gasteiger partial charge in [0.1, 0.15) is 0 Å². The lowest BCUT2D eigenvalue weighted by Crippen LogP contribution is -2.38. The van der Waals surface area contributed by atoms with Crippen molar-refractivity contribution in [1.82, 2.24) is 14.9 Å². The highest BCUT2D eigenvalue weighted by Crippen LogP contribution is 2.24. The zero-order valence-electron chi connectivity index (χ0n) is 12.1. The molecular weight excluding hydrogens is 276 g/mol. The van der Waals surface area contributed by atoms with E-state index in [0.717, 1.165) is 18.4 Å². The summed E-state index contributed by atoms with van der Waals surface area (Å²) in [6.07, 6.45) is 6.56. The fourth-order valence-corrected chi connectivity index (χ4v) is 2.70. The first-order valence-corrected chi connectivity index (χ1v) is 7.34. The van der Waals surface area contributed by atoms with Gasteiger partial charge in [0.25, 0.3) is 5.91 Å². The Labute approximate surface area is 129 Å². The van der Waals surface area contributed by atoms with Crippen molar-refractivity contribution in [2.75, 3.05) is 13.1 Å². The second kappa shape index (κ2) is 6.35. The Morgan fingerprint density at radius 1 is 1.18 bits per heavy atom. The van der Waals surface area contributed by atoms with Gasteiger partial charge in [0.2, 0.25) is 0 Å². The number of hydrogen-bond acceptors (Lipinski definition) is 4. The summed E-state index contributed by atoms with van der Waals surface area (Å²) in [7, 11) is 0. The zero-order chi connectivity index (χ0) is 15.4. The van der Waals surface area contributed by atoms with Gasteiger partial charge in [-0.05, 0) is 37.1 Å². The lowest BCUT2D eigenvalue weighted by Gasteiger charge is -2.29. The van der Waals surface area contributed by atoms with Gasteiger partial charge >= 0.3 is 0 Å². The molecule has 0 saturated carbocycles. The molecule has 0 atom stereocenters. The van der Waals surface area contributed by atoms with Gasteiger partial charge in [-0.2, -0.15) is 5.26 Å². The first kappa shape index (κ1) is 14.2. The average Bonchev–Trinajstić information content (AvgIpc) is 2.62. The minimum Gasteiger partial charge on any atom is -0.338 e. The molecule has 1 saturated heterocycles. The van der Waals surface area contributed by atoms with Crippen LogP contribution in [0.4, 0.5) is 0 Å². The van der Waals surface area contributed by atoms with Crippen molar-refractivity contribution in [1.29, 1.82) is 5.26 Å². The maximum atomic E-state index is 12.8. The van der Waals surface area contributed by atoms with Gasteiger partial charge in [0, 0.05) is 43.2 Å². The summed E-state index contributed by atoms with van der Waals surface area (Å²) in [6.45, 7) is 1.25. The molecule has 0 bridgehead atoms. The van der Waals surface area contributed by atoms with E-state index in [2.05, 4.69) is 16.0 Å². The van der Waals surface area contributed by atoms with Gasteiger partial charge in [0.15, 0.2) is 0 Å². The van der Waals surface area contributed by atoms with Crippen molar-refractivity contribution >= 4 is 5.91 Å². The monoisotopic (exact) mass is 292 g/mol. The van der Waals surface area contributed by atoms with Crippen molar-refractivity contribution in [3.8, 4) is 17.3 Å². The molecule has 0 aliphatic carbocycles. The smallest absolute Gasteiger partial charge is 0.256 e. The molecule has 1 aliphatic heterocycles. The maximum Gasteiger partial charge on any atom is 0.256 e. The SMILES string of the molecule is N#CC1CCN(C(=O)c2cccnc2-c2ccncc2)CC1. The molecule has 1 amide bonds. The average molecular weight is 292 g/mol. The van der Waals surface area contributed by atoms with E-state index in [0.29, 0.717) is 24.3 Å². The fraction of sp³-hybridized carbons (Fsp3) is 0.294. The molecular formula is C17H16N4O. The number of carbonyl (C=O) groups excluding carboxylic acids is 1. The predicted molar refractivity (Wildman–Crippen MR) is 81.7 cm³/mol. The van der Waals surface area contributed by atoms with E-state index in [9.17, 15) is 4.79 Å². The minimum absolute atomic E-state index is 0.0173. The predicted octanol–water partition coefficient (Wildman–Crippen LogP) is 2.52. The van der Waals surface area contributed by atoms with Crippen molar-refractivity contribution in [3.63, 3.8) is 0 Å². The van der Waals surface area contributed by atoms with Crippen molar-refractivity contribution < 1.29 is 4.79 Å². The Morgan fingerprint density at radius 2 is 1.91 bits per heavy atom. The first-order valence-electron chi connectivity index (χ1n) is 7.34. The third kappa shape index (κ3) is 2.82. The number of nitriles is 1. The highest BCUT2D eigenvalue weighted by molar-refractivity contribution is 5.99. The van der Waals surface area contributed by atoms with Crippen LogP contribution in [0.3, 0.4) is 0 Å². The number of likely N-dealkylation sites (tertiary alicyclic amines) is 1. The van der Waals surface area contributed by atoms with Crippen LogP contribution in [-0.4, -0.2) is 33.9 Å². The molecule has 0 aromatic carbocycles. The summed E-state index contributed by atoms with van der Waals surface area (Å²) in [4.78, 5) is 23.0. The van der Waals surface area contributed by atoms with Gasteiger partial charge in [-0.1, -0.05) is 0 Å². The third-order valence-corrected chi connectivity index (χ3v) is 3.96. The highest BCUT2D eigenvalue weighted by Gasteiger charge is 2.25. The van der Waals surface area contributed by atoms with Crippen LogP contribution in [0.2, 0.25) is 0 Å². The van der Waals surface area contributed by atoms with E-state index in [-0.39, 0.29) is 11.8 Å². The standard InChI is InChI=1S/C17H16N4O/c18-12-13-5-10-21(11-6-13)17(22)15-2-1-7-20-16(15)14-3-8-19-9-4-14/h1-4,7-9,13H,5-6,10-11H2. The quantitative estimate of drug-likeness (QED) is 0.852. The number of rotatable bonds is 2. The Morgan fingerprint density at radius 3 is 2.59 bits per heavy atom. The molecule has 0 unspecified atom stereocenters. The zero-order valence-corrected chi connectivity index (χ0v) is 12.1. The van der Waals surface area contributed by atoms with Crippen LogP contribution in [0.5, 0.6) is 0 Å². The van der Waals surface area contributed by atoms with E-state index in [1.54, 1.807) is 24.7 Å². The summed E-state index contributed by atoms with van der Waals surface area (Å²) >= 11 is 0. The van der Waals surface area contributed by atoms with Crippen LogP contribution in [0.25, 0.3) is 11.3 Å². The lowest BCUT2D eigenvalue weighted by atomic mass is 9.97. The van der Waals surface area contributed by atoms with E-state index in [4.69, 9.17) is 5.26 Å². The van der Waals surface area contributed by atoms with Crippen LogP contribution in [0.15, 0.2) is 42.9 Å². The second-order valence-electron chi connectivity index (χ2n) is 5.33. The molecule has 110 valence electrons. The van der Waals surface area contributed by atoms with Crippen LogP contribution in [0.1, 0.15) is 23.2 Å². The summed E-state index contributed by atoms with van der Waals surface area (Å²) in [6, 6.07) is 9.56. The molecule has 5 heteroatoms. The number of aromatic nitrogens is 2. The van der Waals surface area contributed by atoms with Crippen molar-refractivity contribution in [3.05, 3.63) is 48.4 Å². The third-order valence-electron chi connectivity index (χ3n) is 3.96. The van der Waals surface area contributed by atoms with Crippen LogP contribution < -0.4 is 0 Å². The molecule has 0 radical (unpaired) electrons. The van der Waals surface area contributed by atoms with Gasteiger partial charge < -0.3 is 4.90 Å². The topological polar surface area (TPSA) is 69.9 Å². The summed E-state index contributed by atoms with van der Waals surface area (Å²) in [5.41, 5.74) is 2.16. The van der Waals surface area contributed by atoms with Crippen molar-refractivity contribution in [2.24, 2.45) is 5.92 Å². The molecule has 3 heterocycles. The Kier molecular flexibility index (Phi) is 4.10. The molecule has 0 spiro atoms. The summed E-state index contributed by atoms with van der Waals surface area (Å²) in [5.74, 6) is 0.0499. The number of amides is 1. The molecule has 0 N–H and O–H groups in total. The van der Waals surface area contributed by atoms with E-state index in [1.165, 1.54) is 0 Å². The molecule has 1 fully saturated rings. The summed E-state index contributed by atoms with van der Waals surface area (Å²) in [5, 5.41) is 8.96. The van der Waals surface area contributed by atoms with Gasteiger partial charge in [-0.3, -0.25) is 14.8 Å². The Bertz CT molecular complexity index is 700. The molecule has 1 aliphatic rings. The molecule has 22 heavy (non-hydrogen) atoms. The fourth-order valence-electron chi connectivity index (χ4n) is 2.70. The number of piperidine rings is 1. The number of carbonyl (C=O) groups is 1. The molecule has 3 rings (SSSR count). The highest BCUT2D eigenvalue weighted by atomic mass is 16.2. The largest absolute Gasteiger partial charge is 0.338 e. The van der Waals surface area contributed by atoms with Crippen molar-refractivity contribution in [2.45, 2.75) is 12.8 Å². The molecule has 2 aromatic heterocycles. The normalized spacial score (nSPS) is 15.3. The maximum absolute atomic E-state index is 12.8. The van der Waals surface area contributed by atoms with E-state index in [1.807, 2.05) is 23.1 Å². The van der Waals surface area contributed by atoms with Gasteiger partial charge in [-0.25, -0.2) is 0 Å².